The van der Waals surface area contributed by atoms with Crippen LogP contribution in [0.15, 0.2) is 0 Å². The molecule has 0 radical (unpaired) electrons. The summed E-state index contributed by atoms with van der Waals surface area (Å²) in [5.41, 5.74) is 2.15. The minimum absolute atomic E-state index is 0.00251. The van der Waals surface area contributed by atoms with Crippen molar-refractivity contribution >= 4 is 12.2 Å². The lowest BCUT2D eigenvalue weighted by atomic mass is 10.2. The van der Waals surface area contributed by atoms with Gasteiger partial charge >= 0.3 is 0 Å². The van der Waals surface area contributed by atoms with Gasteiger partial charge in [-0.15, -0.1) is 0 Å². The number of aromatic nitrogens is 2. The number of rotatable bonds is 5. The molecular formula is C11H17N3O2. The van der Waals surface area contributed by atoms with Crippen molar-refractivity contribution in [2.45, 2.75) is 33.7 Å². The molecule has 1 aromatic heterocycles. The van der Waals surface area contributed by atoms with Crippen molar-refractivity contribution in [3.8, 4) is 0 Å². The van der Waals surface area contributed by atoms with Gasteiger partial charge in [0.25, 0.3) is 0 Å². The molecule has 0 saturated heterocycles. The van der Waals surface area contributed by atoms with Gasteiger partial charge in [-0.1, -0.05) is 0 Å². The van der Waals surface area contributed by atoms with Crippen LogP contribution in [0.1, 0.15) is 35.1 Å². The zero-order chi connectivity index (χ0) is 12.1. The second-order valence-corrected chi connectivity index (χ2v) is 3.63. The minimum atomic E-state index is 0.00251. The number of aryl methyl sites for hydroxylation is 2. The SMILES string of the molecule is CCNC(=O)CCn1nc(C)c(C=O)c1C. The van der Waals surface area contributed by atoms with Crippen LogP contribution in [-0.4, -0.2) is 28.5 Å². The summed E-state index contributed by atoms with van der Waals surface area (Å²) in [6.07, 6.45) is 1.19. The molecule has 0 aliphatic rings. The molecule has 5 heteroatoms. The zero-order valence-electron chi connectivity index (χ0n) is 9.91. The summed E-state index contributed by atoms with van der Waals surface area (Å²) in [7, 11) is 0. The maximum absolute atomic E-state index is 11.3. The Kier molecular flexibility index (Phi) is 4.22. The first-order valence-corrected chi connectivity index (χ1v) is 5.36. The standard InChI is InChI=1S/C11H17N3O2/c1-4-12-11(16)5-6-14-9(3)10(7-15)8(2)13-14/h7H,4-6H2,1-3H3,(H,12,16). The van der Waals surface area contributed by atoms with Crippen molar-refractivity contribution in [2.24, 2.45) is 0 Å². The van der Waals surface area contributed by atoms with E-state index in [0.29, 0.717) is 30.8 Å². The van der Waals surface area contributed by atoms with E-state index in [1.807, 2.05) is 13.8 Å². The van der Waals surface area contributed by atoms with Gasteiger partial charge in [0.05, 0.1) is 11.3 Å². The molecule has 0 bridgehead atoms. The quantitative estimate of drug-likeness (QED) is 0.752. The van der Waals surface area contributed by atoms with Crippen molar-refractivity contribution in [1.29, 1.82) is 0 Å². The third-order valence-corrected chi connectivity index (χ3v) is 2.48. The highest BCUT2D eigenvalue weighted by Gasteiger charge is 2.11. The molecule has 0 aliphatic heterocycles. The van der Waals surface area contributed by atoms with Gasteiger partial charge < -0.3 is 5.32 Å². The monoisotopic (exact) mass is 223 g/mol. The maximum Gasteiger partial charge on any atom is 0.221 e. The number of hydrogen-bond acceptors (Lipinski definition) is 3. The predicted molar refractivity (Wildman–Crippen MR) is 60.4 cm³/mol. The molecule has 16 heavy (non-hydrogen) atoms. The lowest BCUT2D eigenvalue weighted by molar-refractivity contribution is -0.121. The Morgan fingerprint density at radius 1 is 1.50 bits per heavy atom. The molecule has 1 rings (SSSR count). The summed E-state index contributed by atoms with van der Waals surface area (Å²) in [4.78, 5) is 22.0. The summed E-state index contributed by atoms with van der Waals surface area (Å²) in [5, 5.41) is 6.94. The number of nitrogens with one attached hydrogen (secondary N) is 1. The molecule has 0 aromatic carbocycles. The van der Waals surface area contributed by atoms with Crippen molar-refractivity contribution in [2.75, 3.05) is 6.54 Å². The summed E-state index contributed by atoms with van der Waals surface area (Å²) in [6, 6.07) is 0. The lowest BCUT2D eigenvalue weighted by Crippen LogP contribution is -2.24. The molecule has 1 amide bonds. The Morgan fingerprint density at radius 2 is 2.19 bits per heavy atom. The van der Waals surface area contributed by atoms with E-state index >= 15 is 0 Å². The Morgan fingerprint density at radius 3 is 2.69 bits per heavy atom. The van der Waals surface area contributed by atoms with Crippen LogP contribution in [0.2, 0.25) is 0 Å². The Balaban J connectivity index is 2.68. The van der Waals surface area contributed by atoms with Gasteiger partial charge in [0.15, 0.2) is 6.29 Å². The van der Waals surface area contributed by atoms with E-state index in [4.69, 9.17) is 0 Å². The zero-order valence-corrected chi connectivity index (χ0v) is 9.91. The van der Waals surface area contributed by atoms with Crippen molar-refractivity contribution in [1.82, 2.24) is 15.1 Å². The molecular weight excluding hydrogens is 206 g/mol. The van der Waals surface area contributed by atoms with Crippen molar-refractivity contribution in [3.63, 3.8) is 0 Å². The van der Waals surface area contributed by atoms with Crippen molar-refractivity contribution < 1.29 is 9.59 Å². The van der Waals surface area contributed by atoms with Crippen LogP contribution in [0.4, 0.5) is 0 Å². The van der Waals surface area contributed by atoms with Crippen LogP contribution >= 0.6 is 0 Å². The van der Waals surface area contributed by atoms with E-state index in [1.165, 1.54) is 0 Å². The van der Waals surface area contributed by atoms with Gasteiger partial charge in [-0.3, -0.25) is 14.3 Å². The largest absolute Gasteiger partial charge is 0.356 e. The Labute approximate surface area is 94.8 Å². The van der Waals surface area contributed by atoms with Crippen molar-refractivity contribution in [3.05, 3.63) is 17.0 Å². The first-order chi connectivity index (χ1) is 7.60. The van der Waals surface area contributed by atoms with Crippen LogP contribution in [0.25, 0.3) is 0 Å². The van der Waals surface area contributed by atoms with Crippen LogP contribution in [-0.2, 0) is 11.3 Å². The van der Waals surface area contributed by atoms with E-state index in [2.05, 4.69) is 10.4 Å². The van der Waals surface area contributed by atoms with Crippen LogP contribution < -0.4 is 5.32 Å². The number of nitrogens with zero attached hydrogens (tertiary/aromatic N) is 2. The van der Waals surface area contributed by atoms with E-state index in [9.17, 15) is 9.59 Å². The van der Waals surface area contributed by atoms with Gasteiger partial charge in [0.2, 0.25) is 5.91 Å². The number of carbonyl (C=O) groups is 2. The highest BCUT2D eigenvalue weighted by molar-refractivity contribution is 5.78. The highest BCUT2D eigenvalue weighted by atomic mass is 16.1. The van der Waals surface area contributed by atoms with E-state index in [0.717, 1.165) is 12.0 Å². The fourth-order valence-corrected chi connectivity index (χ4v) is 1.59. The molecule has 1 heterocycles. The molecule has 0 aliphatic carbocycles. The molecule has 0 spiro atoms. The fraction of sp³-hybridized carbons (Fsp3) is 0.545. The smallest absolute Gasteiger partial charge is 0.221 e. The molecule has 0 atom stereocenters. The third kappa shape index (κ3) is 2.68. The van der Waals surface area contributed by atoms with Gasteiger partial charge in [-0.25, -0.2) is 0 Å². The highest BCUT2D eigenvalue weighted by Crippen LogP contribution is 2.10. The molecule has 1 aromatic rings. The Bertz CT molecular complexity index is 396. The number of amides is 1. The van der Waals surface area contributed by atoms with Gasteiger partial charge in [-0.05, 0) is 20.8 Å². The number of aldehydes is 1. The van der Waals surface area contributed by atoms with E-state index < -0.39 is 0 Å². The summed E-state index contributed by atoms with van der Waals surface area (Å²) in [5.74, 6) is 0.00251. The van der Waals surface area contributed by atoms with E-state index in [1.54, 1.807) is 11.6 Å². The normalized spacial score (nSPS) is 10.2. The maximum atomic E-state index is 11.3. The predicted octanol–water partition coefficient (Wildman–Crippen LogP) is 0.839. The molecule has 0 saturated carbocycles. The molecule has 1 N–H and O–H groups in total. The van der Waals surface area contributed by atoms with Gasteiger partial charge in [-0.2, -0.15) is 5.10 Å². The average Bonchev–Trinajstić information content (AvgIpc) is 2.51. The Hall–Kier alpha value is -1.65. The first-order valence-electron chi connectivity index (χ1n) is 5.36. The minimum Gasteiger partial charge on any atom is -0.356 e. The first kappa shape index (κ1) is 12.4. The lowest BCUT2D eigenvalue weighted by Gasteiger charge is -2.04. The summed E-state index contributed by atoms with van der Waals surface area (Å²) >= 11 is 0. The molecule has 88 valence electrons. The average molecular weight is 223 g/mol. The van der Waals surface area contributed by atoms with E-state index in [-0.39, 0.29) is 5.91 Å². The van der Waals surface area contributed by atoms with Gasteiger partial charge in [0.1, 0.15) is 0 Å². The van der Waals surface area contributed by atoms with Crippen LogP contribution in [0, 0.1) is 13.8 Å². The molecule has 0 unspecified atom stereocenters. The number of carbonyl (C=O) groups excluding carboxylic acids is 2. The van der Waals surface area contributed by atoms with Gasteiger partial charge in [0, 0.05) is 25.2 Å². The summed E-state index contributed by atoms with van der Waals surface area (Å²) in [6.45, 7) is 6.65. The fourth-order valence-electron chi connectivity index (χ4n) is 1.59. The van der Waals surface area contributed by atoms with Crippen LogP contribution in [0.3, 0.4) is 0 Å². The molecule has 0 fully saturated rings. The van der Waals surface area contributed by atoms with Crippen LogP contribution in [0.5, 0.6) is 0 Å². The molecule has 5 nitrogen and oxygen atoms in total. The third-order valence-electron chi connectivity index (χ3n) is 2.48. The number of hydrogen-bond donors (Lipinski definition) is 1. The second kappa shape index (κ2) is 5.44. The summed E-state index contributed by atoms with van der Waals surface area (Å²) < 4.78 is 1.70. The second-order valence-electron chi connectivity index (χ2n) is 3.63. The topological polar surface area (TPSA) is 64.0 Å².